The van der Waals surface area contributed by atoms with E-state index in [4.69, 9.17) is 9.72 Å². The smallest absolute Gasteiger partial charge is 0.131 e. The van der Waals surface area contributed by atoms with Gasteiger partial charge in [-0.2, -0.15) is 0 Å². The van der Waals surface area contributed by atoms with Gasteiger partial charge in [-0.3, -0.25) is 4.90 Å². The van der Waals surface area contributed by atoms with Gasteiger partial charge in [-0.15, -0.1) is 0 Å². The number of nitrogens with zero attached hydrogens (tertiary/aromatic N) is 3. The van der Waals surface area contributed by atoms with Crippen LogP contribution in [0.1, 0.15) is 41.4 Å². The van der Waals surface area contributed by atoms with E-state index in [-0.39, 0.29) is 5.82 Å². The molecule has 1 aliphatic heterocycles. The number of ether oxygens (including phenoxy) is 1. The Morgan fingerprint density at radius 3 is 2.96 bits per heavy atom. The SMILES string of the molecule is COc1ccc(CN2CCc3nc(C4CC4)ncc3C2)c(F)c1. The van der Waals surface area contributed by atoms with Crippen molar-refractivity contribution in [2.75, 3.05) is 13.7 Å². The second-order valence-corrected chi connectivity index (χ2v) is 6.39. The van der Waals surface area contributed by atoms with Gasteiger partial charge in [0, 0.05) is 61.1 Å². The van der Waals surface area contributed by atoms with Gasteiger partial charge in [-0.1, -0.05) is 6.07 Å². The van der Waals surface area contributed by atoms with Crippen molar-refractivity contribution in [1.29, 1.82) is 0 Å². The molecule has 23 heavy (non-hydrogen) atoms. The highest BCUT2D eigenvalue weighted by Gasteiger charge is 2.28. The van der Waals surface area contributed by atoms with Gasteiger partial charge in [-0.25, -0.2) is 14.4 Å². The molecule has 1 aliphatic carbocycles. The highest BCUT2D eigenvalue weighted by atomic mass is 19.1. The standard InChI is InChI=1S/C18H20FN3O/c1-23-15-5-4-13(16(19)8-15)10-22-7-6-17-14(11-22)9-20-18(21-17)12-2-3-12/h4-5,8-9,12H,2-3,6-7,10-11H2,1H3. The second kappa shape index (κ2) is 5.89. The van der Waals surface area contributed by atoms with Crippen LogP contribution in [-0.2, 0) is 19.5 Å². The van der Waals surface area contributed by atoms with Gasteiger partial charge in [0.15, 0.2) is 0 Å². The summed E-state index contributed by atoms with van der Waals surface area (Å²) in [6, 6.07) is 5.05. The third kappa shape index (κ3) is 3.06. The number of rotatable bonds is 4. The second-order valence-electron chi connectivity index (χ2n) is 6.39. The number of aromatic nitrogens is 2. The highest BCUT2D eigenvalue weighted by Crippen LogP contribution is 2.38. The summed E-state index contributed by atoms with van der Waals surface area (Å²) in [5, 5.41) is 0. The summed E-state index contributed by atoms with van der Waals surface area (Å²) in [4.78, 5) is 11.5. The van der Waals surface area contributed by atoms with Crippen LogP contribution < -0.4 is 4.74 Å². The number of halogens is 1. The molecule has 0 saturated heterocycles. The summed E-state index contributed by atoms with van der Waals surface area (Å²) in [5.74, 6) is 1.94. The van der Waals surface area contributed by atoms with E-state index in [1.54, 1.807) is 19.2 Å². The molecule has 0 atom stereocenters. The van der Waals surface area contributed by atoms with Crippen LogP contribution in [0.5, 0.6) is 5.75 Å². The summed E-state index contributed by atoms with van der Waals surface area (Å²) in [5.41, 5.74) is 3.05. The van der Waals surface area contributed by atoms with Crippen molar-refractivity contribution in [3.05, 3.63) is 52.9 Å². The predicted octanol–water partition coefficient (Wildman–Crippen LogP) is 3.06. The lowest BCUT2D eigenvalue weighted by Crippen LogP contribution is -2.31. The van der Waals surface area contributed by atoms with Crippen molar-refractivity contribution in [1.82, 2.24) is 14.9 Å². The monoisotopic (exact) mass is 313 g/mol. The lowest BCUT2D eigenvalue weighted by molar-refractivity contribution is 0.239. The zero-order valence-electron chi connectivity index (χ0n) is 13.3. The average Bonchev–Trinajstić information content (AvgIpc) is 3.41. The zero-order chi connectivity index (χ0) is 15.8. The summed E-state index contributed by atoms with van der Waals surface area (Å²) in [6.45, 7) is 2.28. The lowest BCUT2D eigenvalue weighted by atomic mass is 10.1. The van der Waals surface area contributed by atoms with Crippen molar-refractivity contribution in [2.24, 2.45) is 0 Å². The molecule has 2 aromatic rings. The summed E-state index contributed by atoms with van der Waals surface area (Å²) >= 11 is 0. The molecule has 0 bridgehead atoms. The molecule has 4 nitrogen and oxygen atoms in total. The number of fused-ring (bicyclic) bond motifs is 1. The van der Waals surface area contributed by atoms with Crippen molar-refractivity contribution in [2.45, 2.75) is 38.3 Å². The molecule has 1 saturated carbocycles. The molecule has 5 heteroatoms. The van der Waals surface area contributed by atoms with Crippen LogP contribution in [0.3, 0.4) is 0 Å². The molecule has 1 fully saturated rings. The van der Waals surface area contributed by atoms with Crippen LogP contribution in [-0.4, -0.2) is 28.5 Å². The first-order valence-electron chi connectivity index (χ1n) is 8.12. The largest absolute Gasteiger partial charge is 0.497 e. The predicted molar refractivity (Wildman–Crippen MR) is 84.8 cm³/mol. The molecular weight excluding hydrogens is 293 g/mol. The van der Waals surface area contributed by atoms with E-state index in [0.29, 0.717) is 23.8 Å². The van der Waals surface area contributed by atoms with Gasteiger partial charge >= 0.3 is 0 Å². The van der Waals surface area contributed by atoms with Crippen molar-refractivity contribution < 1.29 is 9.13 Å². The van der Waals surface area contributed by atoms with Gasteiger partial charge in [0.25, 0.3) is 0 Å². The van der Waals surface area contributed by atoms with Crippen LogP contribution >= 0.6 is 0 Å². The van der Waals surface area contributed by atoms with Crippen LogP contribution in [0.2, 0.25) is 0 Å². The number of methoxy groups -OCH3 is 1. The first-order chi connectivity index (χ1) is 11.2. The van der Waals surface area contributed by atoms with E-state index in [1.165, 1.54) is 30.2 Å². The van der Waals surface area contributed by atoms with Crippen LogP contribution in [0.4, 0.5) is 4.39 Å². The Bertz CT molecular complexity index is 730. The summed E-state index contributed by atoms with van der Waals surface area (Å²) in [7, 11) is 1.55. The zero-order valence-corrected chi connectivity index (χ0v) is 13.3. The van der Waals surface area contributed by atoms with Gasteiger partial charge in [-0.05, 0) is 18.9 Å². The minimum absolute atomic E-state index is 0.213. The van der Waals surface area contributed by atoms with Crippen molar-refractivity contribution in [3.63, 3.8) is 0 Å². The number of hydrogen-bond acceptors (Lipinski definition) is 4. The maximum absolute atomic E-state index is 14.1. The minimum Gasteiger partial charge on any atom is -0.497 e. The molecular formula is C18H20FN3O. The van der Waals surface area contributed by atoms with E-state index in [2.05, 4.69) is 9.88 Å². The average molecular weight is 313 g/mol. The fourth-order valence-corrected chi connectivity index (χ4v) is 3.09. The van der Waals surface area contributed by atoms with Crippen molar-refractivity contribution in [3.8, 4) is 5.75 Å². The molecule has 0 spiro atoms. The maximum Gasteiger partial charge on any atom is 0.131 e. The van der Waals surface area contributed by atoms with Crippen LogP contribution in [0.25, 0.3) is 0 Å². The first kappa shape index (κ1) is 14.6. The van der Waals surface area contributed by atoms with Gasteiger partial charge in [0.05, 0.1) is 7.11 Å². The minimum atomic E-state index is -0.213. The Hall–Kier alpha value is -2.01. The molecule has 2 heterocycles. The Morgan fingerprint density at radius 2 is 2.22 bits per heavy atom. The summed E-state index contributed by atoms with van der Waals surface area (Å²) in [6.07, 6.45) is 5.32. The lowest BCUT2D eigenvalue weighted by Gasteiger charge is -2.28. The molecule has 0 amide bonds. The fourth-order valence-electron chi connectivity index (χ4n) is 3.09. The van der Waals surface area contributed by atoms with Crippen LogP contribution in [0.15, 0.2) is 24.4 Å². The first-order valence-corrected chi connectivity index (χ1v) is 8.12. The molecule has 0 unspecified atom stereocenters. The van der Waals surface area contributed by atoms with E-state index in [1.807, 2.05) is 6.20 Å². The topological polar surface area (TPSA) is 38.2 Å². The van der Waals surface area contributed by atoms with E-state index >= 15 is 0 Å². The van der Waals surface area contributed by atoms with Gasteiger partial charge in [0.1, 0.15) is 17.4 Å². The van der Waals surface area contributed by atoms with E-state index in [0.717, 1.165) is 25.3 Å². The van der Waals surface area contributed by atoms with E-state index in [9.17, 15) is 4.39 Å². The Balaban J connectivity index is 1.47. The maximum atomic E-state index is 14.1. The molecule has 1 aromatic carbocycles. The van der Waals surface area contributed by atoms with Gasteiger partial charge < -0.3 is 4.74 Å². The number of benzene rings is 1. The number of hydrogen-bond donors (Lipinski definition) is 0. The Kier molecular flexibility index (Phi) is 3.73. The Labute approximate surface area is 135 Å². The van der Waals surface area contributed by atoms with Crippen LogP contribution in [0, 0.1) is 5.82 Å². The molecule has 4 rings (SSSR count). The molecule has 2 aliphatic rings. The third-order valence-corrected chi connectivity index (χ3v) is 4.63. The third-order valence-electron chi connectivity index (χ3n) is 4.63. The molecule has 1 aromatic heterocycles. The highest BCUT2D eigenvalue weighted by molar-refractivity contribution is 5.29. The molecule has 0 N–H and O–H groups in total. The van der Waals surface area contributed by atoms with Gasteiger partial charge in [0.2, 0.25) is 0 Å². The molecule has 120 valence electrons. The Morgan fingerprint density at radius 1 is 1.35 bits per heavy atom. The summed E-state index contributed by atoms with van der Waals surface area (Å²) < 4.78 is 19.2. The quantitative estimate of drug-likeness (QED) is 0.869. The fraction of sp³-hybridized carbons (Fsp3) is 0.444. The normalized spacial score (nSPS) is 17.8. The van der Waals surface area contributed by atoms with Crippen molar-refractivity contribution >= 4 is 0 Å². The molecule has 0 radical (unpaired) electrons. The van der Waals surface area contributed by atoms with E-state index < -0.39 is 0 Å².